The van der Waals surface area contributed by atoms with Gasteiger partial charge in [-0.2, -0.15) is 4.98 Å². The lowest BCUT2D eigenvalue weighted by Crippen LogP contribution is -1.84. The Balaban J connectivity index is 1.44. The van der Waals surface area contributed by atoms with Crippen LogP contribution >= 0.6 is 23.4 Å². The number of halogens is 1. The fourth-order valence-electron chi connectivity index (χ4n) is 2.34. The second kappa shape index (κ2) is 7.31. The summed E-state index contributed by atoms with van der Waals surface area (Å²) in [6.07, 6.45) is 0. The third-order valence-electron chi connectivity index (χ3n) is 3.70. The van der Waals surface area contributed by atoms with Crippen LogP contribution in [0.5, 0.6) is 0 Å². The maximum absolute atomic E-state index is 6.16. The standard InChI is InChI=1S/C18H14ClN5OS/c1-11-6-8-12(9-7-11)16-21-18(23-22-16)26-10-15-20-17(24-25-15)13-4-2-3-5-14(13)19/h2-9H,10H2,1H3,(H,21,22,23). The minimum absolute atomic E-state index is 0.474. The molecule has 26 heavy (non-hydrogen) atoms. The van der Waals surface area contributed by atoms with E-state index in [1.54, 1.807) is 6.07 Å². The van der Waals surface area contributed by atoms with E-state index >= 15 is 0 Å². The second-order valence-electron chi connectivity index (χ2n) is 5.61. The van der Waals surface area contributed by atoms with E-state index in [0.717, 1.165) is 17.0 Å². The third-order valence-corrected chi connectivity index (χ3v) is 4.86. The SMILES string of the molecule is Cc1ccc(-c2nc(SCc3nc(-c4ccccc4Cl)no3)n[nH]2)cc1. The summed E-state index contributed by atoms with van der Waals surface area (Å²) in [5.41, 5.74) is 2.94. The first-order valence-electron chi connectivity index (χ1n) is 7.89. The van der Waals surface area contributed by atoms with Crippen LogP contribution < -0.4 is 0 Å². The molecule has 0 saturated carbocycles. The first-order chi connectivity index (χ1) is 12.7. The zero-order chi connectivity index (χ0) is 17.9. The smallest absolute Gasteiger partial charge is 0.237 e. The number of benzene rings is 2. The molecule has 0 bridgehead atoms. The van der Waals surface area contributed by atoms with Crippen molar-refractivity contribution in [2.45, 2.75) is 17.8 Å². The monoisotopic (exact) mass is 383 g/mol. The lowest BCUT2D eigenvalue weighted by atomic mass is 10.1. The molecule has 0 saturated heterocycles. The van der Waals surface area contributed by atoms with E-state index in [9.17, 15) is 0 Å². The van der Waals surface area contributed by atoms with Crippen molar-refractivity contribution >= 4 is 23.4 Å². The van der Waals surface area contributed by atoms with Gasteiger partial charge in [0.25, 0.3) is 0 Å². The highest BCUT2D eigenvalue weighted by molar-refractivity contribution is 7.98. The summed E-state index contributed by atoms with van der Waals surface area (Å²) < 4.78 is 5.29. The van der Waals surface area contributed by atoms with Crippen molar-refractivity contribution in [3.63, 3.8) is 0 Å². The summed E-state index contributed by atoms with van der Waals surface area (Å²) in [6.45, 7) is 2.05. The maximum Gasteiger partial charge on any atom is 0.237 e. The van der Waals surface area contributed by atoms with Crippen molar-refractivity contribution in [2.24, 2.45) is 0 Å². The third kappa shape index (κ3) is 3.63. The average molecular weight is 384 g/mol. The Labute approximate surface area is 159 Å². The van der Waals surface area contributed by atoms with E-state index in [1.807, 2.05) is 49.4 Å². The number of nitrogens with one attached hydrogen (secondary N) is 1. The van der Waals surface area contributed by atoms with Crippen LogP contribution in [0.3, 0.4) is 0 Å². The van der Waals surface area contributed by atoms with Gasteiger partial charge in [0, 0.05) is 11.1 Å². The van der Waals surface area contributed by atoms with Crippen LogP contribution in [0.15, 0.2) is 58.2 Å². The number of H-pyrrole nitrogens is 1. The zero-order valence-electron chi connectivity index (χ0n) is 13.8. The van der Waals surface area contributed by atoms with Gasteiger partial charge in [0.15, 0.2) is 5.82 Å². The molecule has 0 aliphatic rings. The number of aryl methyl sites for hydroxylation is 1. The number of hydrogen-bond donors (Lipinski definition) is 1. The van der Waals surface area contributed by atoms with Crippen molar-refractivity contribution in [1.82, 2.24) is 25.3 Å². The molecule has 0 fully saturated rings. The normalized spacial score (nSPS) is 11.0. The molecule has 2 aromatic heterocycles. The molecule has 0 aliphatic heterocycles. The van der Waals surface area contributed by atoms with Gasteiger partial charge in [0.05, 0.1) is 10.8 Å². The van der Waals surface area contributed by atoms with Gasteiger partial charge in [-0.3, -0.25) is 5.10 Å². The highest BCUT2D eigenvalue weighted by atomic mass is 35.5. The molecule has 0 aliphatic carbocycles. The minimum Gasteiger partial charge on any atom is -0.338 e. The first kappa shape index (κ1) is 16.8. The molecule has 0 spiro atoms. The van der Waals surface area contributed by atoms with Crippen LogP contribution in [0.2, 0.25) is 5.02 Å². The number of aromatic amines is 1. The molecule has 2 heterocycles. The molecule has 4 aromatic rings. The quantitative estimate of drug-likeness (QED) is 0.500. The molecule has 0 radical (unpaired) electrons. The molecular formula is C18H14ClN5OS. The van der Waals surface area contributed by atoms with Crippen LogP contribution in [0.1, 0.15) is 11.5 Å². The summed E-state index contributed by atoms with van der Waals surface area (Å²) in [6, 6.07) is 15.5. The summed E-state index contributed by atoms with van der Waals surface area (Å²) in [5.74, 6) is 2.17. The molecule has 130 valence electrons. The molecule has 0 amide bonds. The second-order valence-corrected chi connectivity index (χ2v) is 6.96. The fourth-order valence-corrected chi connectivity index (χ4v) is 3.20. The Morgan fingerprint density at radius 3 is 2.69 bits per heavy atom. The van der Waals surface area contributed by atoms with E-state index < -0.39 is 0 Å². The first-order valence-corrected chi connectivity index (χ1v) is 9.25. The molecular weight excluding hydrogens is 370 g/mol. The van der Waals surface area contributed by atoms with Crippen molar-refractivity contribution in [3.05, 3.63) is 65.0 Å². The van der Waals surface area contributed by atoms with E-state index in [2.05, 4.69) is 25.3 Å². The molecule has 0 unspecified atom stereocenters. The minimum atomic E-state index is 0.474. The van der Waals surface area contributed by atoms with Crippen LogP contribution in [0.25, 0.3) is 22.8 Å². The van der Waals surface area contributed by atoms with Crippen molar-refractivity contribution < 1.29 is 4.52 Å². The summed E-state index contributed by atoms with van der Waals surface area (Å²) in [5, 5.41) is 12.4. The van der Waals surface area contributed by atoms with Gasteiger partial charge in [0.1, 0.15) is 0 Å². The maximum atomic E-state index is 6.16. The Morgan fingerprint density at radius 1 is 1.08 bits per heavy atom. The largest absolute Gasteiger partial charge is 0.338 e. The average Bonchev–Trinajstić information content (AvgIpc) is 3.30. The summed E-state index contributed by atoms with van der Waals surface area (Å²) in [7, 11) is 0. The fraction of sp³-hybridized carbons (Fsp3) is 0.111. The number of thioether (sulfide) groups is 1. The van der Waals surface area contributed by atoms with E-state index in [0.29, 0.717) is 27.6 Å². The molecule has 0 atom stereocenters. The Kier molecular flexibility index (Phi) is 4.73. The summed E-state index contributed by atoms with van der Waals surface area (Å²) >= 11 is 7.58. The van der Waals surface area contributed by atoms with Crippen LogP contribution in [0, 0.1) is 6.92 Å². The van der Waals surface area contributed by atoms with Crippen molar-refractivity contribution in [3.8, 4) is 22.8 Å². The topological polar surface area (TPSA) is 80.5 Å². The van der Waals surface area contributed by atoms with Gasteiger partial charge in [-0.1, -0.05) is 70.5 Å². The van der Waals surface area contributed by atoms with Gasteiger partial charge in [0.2, 0.25) is 16.9 Å². The van der Waals surface area contributed by atoms with Gasteiger partial charge >= 0.3 is 0 Å². The number of hydrogen-bond acceptors (Lipinski definition) is 6. The van der Waals surface area contributed by atoms with E-state index in [1.165, 1.54) is 17.3 Å². The van der Waals surface area contributed by atoms with Crippen LogP contribution in [-0.4, -0.2) is 25.3 Å². The number of rotatable bonds is 5. The Morgan fingerprint density at radius 2 is 1.88 bits per heavy atom. The summed E-state index contributed by atoms with van der Waals surface area (Å²) in [4.78, 5) is 8.87. The van der Waals surface area contributed by atoms with Crippen LogP contribution in [0.4, 0.5) is 0 Å². The molecule has 8 heteroatoms. The van der Waals surface area contributed by atoms with Gasteiger partial charge in [-0.25, -0.2) is 4.98 Å². The molecule has 2 aromatic carbocycles. The van der Waals surface area contributed by atoms with E-state index in [4.69, 9.17) is 16.1 Å². The van der Waals surface area contributed by atoms with Gasteiger partial charge < -0.3 is 4.52 Å². The Hall–Kier alpha value is -2.64. The van der Waals surface area contributed by atoms with Gasteiger partial charge in [-0.05, 0) is 19.1 Å². The van der Waals surface area contributed by atoms with Crippen molar-refractivity contribution in [2.75, 3.05) is 0 Å². The van der Waals surface area contributed by atoms with Crippen LogP contribution in [-0.2, 0) is 5.75 Å². The van der Waals surface area contributed by atoms with Crippen molar-refractivity contribution in [1.29, 1.82) is 0 Å². The zero-order valence-corrected chi connectivity index (χ0v) is 15.4. The number of aromatic nitrogens is 5. The highest BCUT2D eigenvalue weighted by Gasteiger charge is 2.13. The Bertz CT molecular complexity index is 1030. The van der Waals surface area contributed by atoms with Gasteiger partial charge in [-0.15, -0.1) is 5.10 Å². The molecule has 6 nitrogen and oxygen atoms in total. The van der Waals surface area contributed by atoms with E-state index in [-0.39, 0.29) is 0 Å². The lowest BCUT2D eigenvalue weighted by Gasteiger charge is -1.96. The molecule has 4 rings (SSSR count). The predicted octanol–water partition coefficient (Wildman–Crippen LogP) is 4.78. The predicted molar refractivity (Wildman–Crippen MR) is 101 cm³/mol. The lowest BCUT2D eigenvalue weighted by molar-refractivity contribution is 0.391. The number of nitrogens with zero attached hydrogens (tertiary/aromatic N) is 4. The molecule has 1 N–H and O–H groups in total. The highest BCUT2D eigenvalue weighted by Crippen LogP contribution is 2.27.